The molecule has 0 saturated carbocycles. The van der Waals surface area contributed by atoms with Crippen molar-refractivity contribution >= 4 is 5.91 Å². The maximum Gasteiger partial charge on any atom is 0.424 e. The molecule has 1 aromatic carbocycles. The van der Waals surface area contributed by atoms with Gasteiger partial charge in [-0.25, -0.2) is 9.37 Å². The van der Waals surface area contributed by atoms with Gasteiger partial charge in [0, 0.05) is 38.5 Å². The Morgan fingerprint density at radius 1 is 1.38 bits per heavy atom. The van der Waals surface area contributed by atoms with Gasteiger partial charge < -0.3 is 19.7 Å². The Labute approximate surface area is 146 Å². The van der Waals surface area contributed by atoms with Crippen molar-refractivity contribution in [1.82, 2.24) is 14.9 Å². The number of nitrogens with zero attached hydrogens (tertiary/aromatic N) is 2. The number of ether oxygens (including phenoxy) is 1. The molecular weight excluding hydrogens is 358 g/mol. The molecule has 2 N–H and O–H groups in total. The SMILES string of the molecule is Cn1ccnc1[C@@](O)(CCNC(=O)COc1cccc(F)c1)C(F)(F)F. The molecule has 0 bridgehead atoms. The van der Waals surface area contributed by atoms with Crippen LogP contribution < -0.4 is 10.1 Å². The molecule has 1 amide bonds. The van der Waals surface area contributed by atoms with E-state index in [1.54, 1.807) is 0 Å². The smallest absolute Gasteiger partial charge is 0.424 e. The molecule has 1 aromatic heterocycles. The molecule has 2 rings (SSSR count). The van der Waals surface area contributed by atoms with Crippen molar-refractivity contribution in [3.05, 3.63) is 48.3 Å². The topological polar surface area (TPSA) is 76.4 Å². The molecule has 0 aliphatic carbocycles. The summed E-state index contributed by atoms with van der Waals surface area (Å²) < 4.78 is 59.0. The first-order valence-corrected chi connectivity index (χ1v) is 7.55. The van der Waals surface area contributed by atoms with E-state index >= 15 is 0 Å². The van der Waals surface area contributed by atoms with Crippen LogP contribution in [-0.4, -0.2) is 39.9 Å². The van der Waals surface area contributed by atoms with Gasteiger partial charge in [-0.05, 0) is 12.1 Å². The first-order valence-electron chi connectivity index (χ1n) is 7.55. The molecule has 2 aromatic rings. The molecular formula is C16H17F4N3O3. The number of benzene rings is 1. The summed E-state index contributed by atoms with van der Waals surface area (Å²) in [4.78, 5) is 15.2. The maximum atomic E-state index is 13.3. The van der Waals surface area contributed by atoms with Crippen LogP contribution in [0.4, 0.5) is 17.6 Å². The van der Waals surface area contributed by atoms with Gasteiger partial charge in [-0.1, -0.05) is 6.07 Å². The van der Waals surface area contributed by atoms with E-state index in [9.17, 15) is 27.5 Å². The Balaban J connectivity index is 1.91. The Kier molecular flexibility index (Phi) is 5.86. The van der Waals surface area contributed by atoms with Gasteiger partial charge in [-0.3, -0.25) is 4.79 Å². The number of halogens is 4. The fourth-order valence-electron chi connectivity index (χ4n) is 2.28. The number of aryl methyl sites for hydroxylation is 1. The van der Waals surface area contributed by atoms with Gasteiger partial charge in [0.25, 0.3) is 5.91 Å². The van der Waals surface area contributed by atoms with E-state index in [4.69, 9.17) is 4.74 Å². The largest absolute Gasteiger partial charge is 0.484 e. The third-order valence-electron chi connectivity index (χ3n) is 3.64. The summed E-state index contributed by atoms with van der Waals surface area (Å²) in [5.74, 6) is -1.72. The minimum absolute atomic E-state index is 0.111. The molecule has 1 atom stereocenters. The Morgan fingerprint density at radius 3 is 2.69 bits per heavy atom. The average molecular weight is 375 g/mol. The minimum Gasteiger partial charge on any atom is -0.484 e. The van der Waals surface area contributed by atoms with Crippen molar-refractivity contribution < 1.29 is 32.2 Å². The van der Waals surface area contributed by atoms with Gasteiger partial charge in [0.05, 0.1) is 0 Å². The fourth-order valence-corrected chi connectivity index (χ4v) is 2.28. The van der Waals surface area contributed by atoms with Crippen molar-refractivity contribution in [2.24, 2.45) is 7.05 Å². The van der Waals surface area contributed by atoms with Gasteiger partial charge in [0.15, 0.2) is 6.61 Å². The lowest BCUT2D eigenvalue weighted by atomic mass is 9.97. The highest BCUT2D eigenvalue weighted by Crippen LogP contribution is 2.40. The van der Waals surface area contributed by atoms with Crippen LogP contribution >= 0.6 is 0 Å². The van der Waals surface area contributed by atoms with Gasteiger partial charge in [-0.2, -0.15) is 13.2 Å². The van der Waals surface area contributed by atoms with Crippen molar-refractivity contribution in [2.45, 2.75) is 18.2 Å². The second-order valence-electron chi connectivity index (χ2n) is 5.57. The summed E-state index contributed by atoms with van der Waals surface area (Å²) in [6, 6.07) is 5.08. The molecule has 0 aliphatic rings. The summed E-state index contributed by atoms with van der Waals surface area (Å²) in [5, 5.41) is 12.3. The van der Waals surface area contributed by atoms with Crippen molar-refractivity contribution in [2.75, 3.05) is 13.2 Å². The molecule has 10 heteroatoms. The van der Waals surface area contributed by atoms with Crippen LogP contribution in [0, 0.1) is 5.82 Å². The number of hydrogen-bond donors (Lipinski definition) is 2. The Hall–Kier alpha value is -2.62. The van der Waals surface area contributed by atoms with Crippen LogP contribution in [0.2, 0.25) is 0 Å². The number of aliphatic hydroxyl groups is 1. The monoisotopic (exact) mass is 375 g/mol. The molecule has 0 spiro atoms. The van der Waals surface area contributed by atoms with Crippen molar-refractivity contribution in [3.8, 4) is 5.75 Å². The second-order valence-corrected chi connectivity index (χ2v) is 5.57. The molecule has 1 heterocycles. The number of carbonyl (C=O) groups excluding carboxylic acids is 1. The van der Waals surface area contributed by atoms with Crippen molar-refractivity contribution in [3.63, 3.8) is 0 Å². The first-order chi connectivity index (χ1) is 12.1. The van der Waals surface area contributed by atoms with Crippen LogP contribution in [0.15, 0.2) is 36.7 Å². The lowest BCUT2D eigenvalue weighted by Gasteiger charge is -2.29. The summed E-state index contributed by atoms with van der Waals surface area (Å²) in [7, 11) is 1.32. The molecule has 0 saturated heterocycles. The van der Waals surface area contributed by atoms with E-state index in [-0.39, 0.29) is 5.75 Å². The third kappa shape index (κ3) is 4.51. The number of carbonyl (C=O) groups is 1. The van der Waals surface area contributed by atoms with Crippen molar-refractivity contribution in [1.29, 1.82) is 0 Å². The van der Waals surface area contributed by atoms with E-state index in [1.165, 1.54) is 31.4 Å². The highest BCUT2D eigenvalue weighted by molar-refractivity contribution is 5.77. The summed E-state index contributed by atoms with van der Waals surface area (Å²) in [6.45, 7) is -0.968. The number of alkyl halides is 3. The van der Waals surface area contributed by atoms with Gasteiger partial charge in [0.2, 0.25) is 5.60 Å². The lowest BCUT2D eigenvalue weighted by Crippen LogP contribution is -2.47. The summed E-state index contributed by atoms with van der Waals surface area (Å²) in [6.07, 6.45) is -3.39. The highest BCUT2D eigenvalue weighted by atomic mass is 19.4. The van der Waals surface area contributed by atoms with Gasteiger partial charge in [0.1, 0.15) is 17.4 Å². The van der Waals surface area contributed by atoms with Crippen LogP contribution in [0.1, 0.15) is 12.2 Å². The number of imidazole rings is 1. The maximum absolute atomic E-state index is 13.3. The third-order valence-corrected chi connectivity index (χ3v) is 3.64. The number of rotatable bonds is 7. The van der Waals surface area contributed by atoms with E-state index in [0.717, 1.165) is 16.8 Å². The molecule has 0 unspecified atom stereocenters. The molecule has 6 nitrogen and oxygen atoms in total. The molecule has 142 valence electrons. The quantitative estimate of drug-likeness (QED) is 0.725. The van der Waals surface area contributed by atoms with Crippen LogP contribution in [0.3, 0.4) is 0 Å². The summed E-state index contributed by atoms with van der Waals surface area (Å²) in [5.41, 5.74) is -3.21. The number of hydrogen-bond acceptors (Lipinski definition) is 4. The van der Waals surface area contributed by atoms with E-state index in [0.29, 0.717) is 0 Å². The zero-order valence-electron chi connectivity index (χ0n) is 13.8. The zero-order valence-corrected chi connectivity index (χ0v) is 13.8. The van der Waals surface area contributed by atoms with Crippen LogP contribution in [-0.2, 0) is 17.4 Å². The molecule has 0 fully saturated rings. The highest BCUT2D eigenvalue weighted by Gasteiger charge is 2.57. The van der Waals surface area contributed by atoms with Gasteiger partial charge in [-0.15, -0.1) is 0 Å². The number of amides is 1. The Morgan fingerprint density at radius 2 is 2.12 bits per heavy atom. The second kappa shape index (κ2) is 7.73. The molecule has 0 aliphatic heterocycles. The Bertz CT molecular complexity index is 763. The van der Waals surface area contributed by atoms with E-state index < -0.39 is 48.9 Å². The zero-order chi connectivity index (χ0) is 19.4. The van der Waals surface area contributed by atoms with E-state index in [2.05, 4.69) is 10.3 Å². The first kappa shape index (κ1) is 19.7. The molecule has 0 radical (unpaired) electrons. The normalized spacial score (nSPS) is 13.9. The van der Waals surface area contributed by atoms with E-state index in [1.807, 2.05) is 0 Å². The standard InChI is InChI=1S/C16H17F4N3O3/c1-23-8-7-22-14(23)15(25,16(18,19)20)5-6-21-13(24)10-26-12-4-2-3-11(17)9-12/h2-4,7-9,25H,5-6,10H2,1H3,(H,21,24)/t15-/m0/s1. The average Bonchev–Trinajstić information content (AvgIpc) is 2.98. The predicted molar refractivity (Wildman–Crippen MR) is 82.7 cm³/mol. The fraction of sp³-hybridized carbons (Fsp3) is 0.375. The number of nitrogens with one attached hydrogen (secondary N) is 1. The van der Waals surface area contributed by atoms with Crippen LogP contribution in [0.25, 0.3) is 0 Å². The minimum atomic E-state index is -4.98. The number of aromatic nitrogens is 2. The van der Waals surface area contributed by atoms with Crippen LogP contribution in [0.5, 0.6) is 5.75 Å². The summed E-state index contributed by atoms with van der Waals surface area (Å²) >= 11 is 0. The lowest BCUT2D eigenvalue weighted by molar-refractivity contribution is -0.272. The predicted octanol–water partition coefficient (Wildman–Crippen LogP) is 1.89. The van der Waals surface area contributed by atoms with Gasteiger partial charge >= 0.3 is 6.18 Å². The molecule has 26 heavy (non-hydrogen) atoms.